The Morgan fingerprint density at radius 3 is 2.18 bits per heavy atom. The fourth-order valence-corrected chi connectivity index (χ4v) is 5.96. The maximum atomic E-state index is 12.9. The van der Waals surface area contributed by atoms with E-state index in [0.717, 1.165) is 18.4 Å². The third-order valence-corrected chi connectivity index (χ3v) is 8.58. The van der Waals surface area contributed by atoms with Crippen LogP contribution in [0.15, 0.2) is 54.6 Å². The van der Waals surface area contributed by atoms with Crippen LogP contribution in [-0.4, -0.2) is 74.9 Å². The van der Waals surface area contributed by atoms with Gasteiger partial charge in [-0.25, -0.2) is 4.57 Å². The van der Waals surface area contributed by atoms with E-state index in [1.54, 1.807) is 0 Å². The summed E-state index contributed by atoms with van der Waals surface area (Å²) in [6.07, 6.45) is 3.11. The van der Waals surface area contributed by atoms with E-state index in [4.69, 9.17) is 18.5 Å². The first kappa shape index (κ1) is 33.8. The lowest BCUT2D eigenvalue weighted by Crippen LogP contribution is -2.37. The van der Waals surface area contributed by atoms with E-state index in [2.05, 4.69) is 54.6 Å². The van der Waals surface area contributed by atoms with Gasteiger partial charge in [0.05, 0.1) is 27.7 Å². The number of quaternary nitrogens is 1. The summed E-state index contributed by atoms with van der Waals surface area (Å²) in [5.74, 6) is -0.919. The smallest absolute Gasteiger partial charge is 0.462 e. The highest BCUT2D eigenvalue weighted by atomic mass is 31.2. The monoisotopic (exact) mass is 626 g/mol. The number of phosphoric acid groups is 1. The lowest BCUT2D eigenvalue weighted by molar-refractivity contribution is -0.870. The van der Waals surface area contributed by atoms with Gasteiger partial charge in [0.15, 0.2) is 6.10 Å². The lowest BCUT2D eigenvalue weighted by Gasteiger charge is -2.24. The minimum Gasteiger partial charge on any atom is -0.462 e. The highest BCUT2D eigenvalue weighted by molar-refractivity contribution is 7.47. The number of carbonyl (C=O) groups is 2. The molecule has 0 aliphatic heterocycles. The van der Waals surface area contributed by atoms with E-state index < -0.39 is 32.5 Å². The number of unbranched alkanes of at least 4 members (excludes halogenated alkanes) is 2. The molecule has 4 aromatic carbocycles. The van der Waals surface area contributed by atoms with Crippen LogP contribution in [0.2, 0.25) is 0 Å². The van der Waals surface area contributed by atoms with Crippen molar-refractivity contribution in [2.24, 2.45) is 0 Å². The van der Waals surface area contributed by atoms with Gasteiger partial charge in [0.2, 0.25) is 0 Å². The van der Waals surface area contributed by atoms with Crippen LogP contribution < -0.4 is 0 Å². The SMILES string of the molecule is CCCCCC(=O)OC[C@H](COP(=O)(O)OCC[N+](C)(C)C)OC(=O)CCCc1ccc2ccc3cccc4ccc1c2c34. The van der Waals surface area contributed by atoms with E-state index in [9.17, 15) is 19.0 Å². The first-order chi connectivity index (χ1) is 21.0. The second-order valence-electron chi connectivity index (χ2n) is 12.3. The Labute approximate surface area is 259 Å². The molecule has 2 atom stereocenters. The van der Waals surface area contributed by atoms with E-state index in [-0.39, 0.29) is 26.1 Å². The maximum Gasteiger partial charge on any atom is 0.472 e. The minimum absolute atomic E-state index is 0.0111. The molecule has 9 nitrogen and oxygen atoms in total. The molecule has 0 aromatic heterocycles. The van der Waals surface area contributed by atoms with Crippen molar-refractivity contribution in [2.75, 3.05) is 47.5 Å². The van der Waals surface area contributed by atoms with Crippen LogP contribution in [0.4, 0.5) is 0 Å². The molecule has 0 saturated carbocycles. The Kier molecular flexibility index (Phi) is 11.7. The van der Waals surface area contributed by atoms with E-state index in [1.165, 1.54) is 32.3 Å². The molecule has 0 saturated heterocycles. The van der Waals surface area contributed by atoms with Crippen molar-refractivity contribution in [3.05, 3.63) is 60.2 Å². The van der Waals surface area contributed by atoms with Crippen LogP contribution in [0, 0.1) is 0 Å². The summed E-state index contributed by atoms with van der Waals surface area (Å²) in [5.41, 5.74) is 1.15. The number of phosphoric ester groups is 1. The van der Waals surface area contributed by atoms with Crippen molar-refractivity contribution in [2.45, 2.75) is 58.0 Å². The van der Waals surface area contributed by atoms with Gasteiger partial charge in [-0.2, -0.15) is 0 Å². The second kappa shape index (κ2) is 15.3. The third-order valence-electron chi connectivity index (χ3n) is 7.60. The molecule has 0 heterocycles. The number of ether oxygens (including phenoxy) is 2. The Balaban J connectivity index is 1.35. The number of esters is 2. The van der Waals surface area contributed by atoms with Crippen LogP contribution in [0.25, 0.3) is 32.3 Å². The zero-order valence-electron chi connectivity index (χ0n) is 26.3. The predicted molar refractivity (Wildman–Crippen MR) is 173 cm³/mol. The van der Waals surface area contributed by atoms with E-state index in [1.807, 2.05) is 28.1 Å². The molecular weight excluding hydrogens is 581 g/mol. The summed E-state index contributed by atoms with van der Waals surface area (Å²) >= 11 is 0. The van der Waals surface area contributed by atoms with Crippen LogP contribution in [0.3, 0.4) is 0 Å². The molecule has 0 aliphatic rings. The molecule has 0 bridgehead atoms. The van der Waals surface area contributed by atoms with Crippen molar-refractivity contribution in [3.8, 4) is 0 Å². The number of carbonyl (C=O) groups excluding carboxylic acids is 2. The van der Waals surface area contributed by atoms with E-state index >= 15 is 0 Å². The summed E-state index contributed by atoms with van der Waals surface area (Å²) < 4.78 is 34.0. The van der Waals surface area contributed by atoms with Crippen molar-refractivity contribution in [1.82, 2.24) is 0 Å². The lowest BCUT2D eigenvalue weighted by atomic mass is 9.90. The summed E-state index contributed by atoms with van der Waals surface area (Å²) in [7, 11) is 1.40. The van der Waals surface area contributed by atoms with Gasteiger partial charge < -0.3 is 18.9 Å². The van der Waals surface area contributed by atoms with Gasteiger partial charge in [0.1, 0.15) is 19.8 Å². The summed E-state index contributed by atoms with van der Waals surface area (Å²) in [6, 6.07) is 19.1. The van der Waals surface area contributed by atoms with Gasteiger partial charge in [0.25, 0.3) is 0 Å². The van der Waals surface area contributed by atoms with Gasteiger partial charge in [-0.3, -0.25) is 18.6 Å². The molecule has 0 amide bonds. The minimum atomic E-state index is -4.40. The largest absolute Gasteiger partial charge is 0.472 e. The molecule has 1 unspecified atom stereocenters. The number of aryl methyl sites for hydroxylation is 1. The van der Waals surface area contributed by atoms with Crippen molar-refractivity contribution in [3.63, 3.8) is 0 Å². The highest BCUT2D eigenvalue weighted by Gasteiger charge is 2.27. The number of rotatable bonds is 18. The number of likely N-dealkylation sites (N-methyl/N-ethyl adjacent to an activating group) is 1. The standard InChI is InChI=1S/C34H44NO8P/c1-5-6-7-13-31(36)40-23-29(24-42-44(38,39)41-22-21-35(2,3)4)43-32(37)14-9-10-25-15-16-28-18-17-26-11-8-12-27-19-20-30(25)34(28)33(26)27/h8,11-12,15-20,29H,5-7,9-10,13-14,21-24H2,1-4H3/p+1/t29-/m1/s1. The van der Waals surface area contributed by atoms with Crippen molar-refractivity contribution >= 4 is 52.1 Å². The first-order valence-corrected chi connectivity index (χ1v) is 16.9. The Morgan fingerprint density at radius 1 is 0.818 bits per heavy atom. The van der Waals surface area contributed by atoms with Crippen LogP contribution in [0.5, 0.6) is 0 Å². The van der Waals surface area contributed by atoms with Gasteiger partial charge in [-0.05, 0) is 57.1 Å². The molecule has 10 heteroatoms. The molecule has 1 N–H and O–H groups in total. The number of hydrogen-bond donors (Lipinski definition) is 1. The molecular formula is C34H45NO8P+. The van der Waals surface area contributed by atoms with Crippen LogP contribution in [0.1, 0.15) is 51.0 Å². The van der Waals surface area contributed by atoms with Crippen LogP contribution >= 0.6 is 7.82 Å². The van der Waals surface area contributed by atoms with Gasteiger partial charge in [0, 0.05) is 12.8 Å². The summed E-state index contributed by atoms with van der Waals surface area (Å²) in [6.45, 7) is 1.83. The molecule has 4 aromatic rings. The molecule has 44 heavy (non-hydrogen) atoms. The average molecular weight is 627 g/mol. The predicted octanol–water partition coefficient (Wildman–Crippen LogP) is 6.78. The molecule has 0 aliphatic carbocycles. The molecule has 4 rings (SSSR count). The van der Waals surface area contributed by atoms with Gasteiger partial charge >= 0.3 is 19.8 Å². The Hall–Kier alpha value is -3.07. The van der Waals surface area contributed by atoms with Crippen LogP contribution in [-0.2, 0) is 39.1 Å². The first-order valence-electron chi connectivity index (χ1n) is 15.4. The normalized spacial score (nSPS) is 14.2. The maximum absolute atomic E-state index is 12.9. The Morgan fingerprint density at radius 2 is 1.48 bits per heavy atom. The number of hydrogen-bond acceptors (Lipinski definition) is 7. The van der Waals surface area contributed by atoms with E-state index in [0.29, 0.717) is 30.3 Å². The highest BCUT2D eigenvalue weighted by Crippen LogP contribution is 2.43. The average Bonchev–Trinajstić information content (AvgIpc) is 2.97. The zero-order valence-corrected chi connectivity index (χ0v) is 27.1. The van der Waals surface area contributed by atoms with Gasteiger partial charge in [-0.1, -0.05) is 74.4 Å². The summed E-state index contributed by atoms with van der Waals surface area (Å²) in [5, 5.41) is 7.24. The van der Waals surface area contributed by atoms with Crippen molar-refractivity contribution < 1.29 is 42.1 Å². The van der Waals surface area contributed by atoms with Crippen molar-refractivity contribution in [1.29, 1.82) is 0 Å². The fourth-order valence-electron chi connectivity index (χ4n) is 5.22. The number of benzene rings is 4. The zero-order chi connectivity index (χ0) is 31.7. The van der Waals surface area contributed by atoms with Gasteiger partial charge in [-0.15, -0.1) is 0 Å². The second-order valence-corrected chi connectivity index (χ2v) is 13.8. The third kappa shape index (κ3) is 9.71. The molecule has 238 valence electrons. The Bertz CT molecular complexity index is 1580. The summed E-state index contributed by atoms with van der Waals surface area (Å²) in [4.78, 5) is 35.2. The molecule has 0 spiro atoms. The fraction of sp³-hybridized carbons (Fsp3) is 0.471. The quantitative estimate of drug-likeness (QED) is 0.0423. The molecule has 0 radical (unpaired) electrons. The topological polar surface area (TPSA) is 108 Å². The number of nitrogens with zero attached hydrogens (tertiary/aromatic N) is 1. The molecule has 0 fully saturated rings.